The topological polar surface area (TPSA) is 29.0 Å². The van der Waals surface area contributed by atoms with Gasteiger partial charge < -0.3 is 4.57 Å². The van der Waals surface area contributed by atoms with E-state index < -0.39 is 16.3 Å². The summed E-state index contributed by atoms with van der Waals surface area (Å²) in [6.07, 6.45) is 3.09. The van der Waals surface area contributed by atoms with E-state index in [0.717, 1.165) is 0 Å². The summed E-state index contributed by atoms with van der Waals surface area (Å²) in [5.41, 5.74) is 0. The van der Waals surface area contributed by atoms with Crippen LogP contribution in [0.5, 0.6) is 0 Å². The molecule has 0 bridgehead atoms. The number of hydrogen-bond acceptors (Lipinski definition) is 4. The Morgan fingerprint density at radius 3 is 2.26 bits per heavy atom. The van der Waals surface area contributed by atoms with Crippen LogP contribution in [-0.2, 0) is 0 Å². The third-order valence-electron chi connectivity index (χ3n) is 5.58. The predicted molar refractivity (Wildman–Crippen MR) is 90.3 cm³/mol. The van der Waals surface area contributed by atoms with Gasteiger partial charge in [-0.2, -0.15) is 4.37 Å². The van der Waals surface area contributed by atoms with Crippen LogP contribution >= 0.6 is 11.5 Å². The molecule has 1 saturated heterocycles. The highest BCUT2D eigenvalue weighted by atomic mass is 32.1. The van der Waals surface area contributed by atoms with Crippen LogP contribution in [-0.4, -0.2) is 31.8 Å². The summed E-state index contributed by atoms with van der Waals surface area (Å²) >= 11 is 1.61. The molecular weight excluding hydrogens is 286 g/mol. The lowest BCUT2D eigenvalue weighted by molar-refractivity contribution is 0.949. The summed E-state index contributed by atoms with van der Waals surface area (Å²) in [4.78, 5) is 4.56. The minimum absolute atomic E-state index is 1.07. The van der Waals surface area contributed by atoms with Crippen molar-refractivity contribution >= 4 is 33.0 Å². The maximum atomic E-state index is 4.56. The van der Waals surface area contributed by atoms with Gasteiger partial charge in [0.05, 0.1) is 8.07 Å². The van der Waals surface area contributed by atoms with Gasteiger partial charge in [-0.1, -0.05) is 45.8 Å². The molecule has 0 spiro atoms. The molecule has 108 valence electrons. The van der Waals surface area contributed by atoms with Gasteiger partial charge in [0.15, 0.2) is 13.4 Å². The average Bonchev–Trinajstić information content (AvgIpc) is 3.00. The zero-order valence-corrected chi connectivity index (χ0v) is 15.6. The Bertz CT molecular complexity index is 389. The second kappa shape index (κ2) is 6.05. The molecule has 19 heavy (non-hydrogen) atoms. The van der Waals surface area contributed by atoms with Gasteiger partial charge in [0.1, 0.15) is 6.33 Å². The molecule has 0 amide bonds. The Balaban J connectivity index is 2.34. The first-order valence-electron chi connectivity index (χ1n) is 7.69. The summed E-state index contributed by atoms with van der Waals surface area (Å²) in [6.45, 7) is 9.63. The molecule has 0 saturated carbocycles. The van der Waals surface area contributed by atoms with Crippen LogP contribution in [0.25, 0.3) is 0 Å². The summed E-state index contributed by atoms with van der Waals surface area (Å²) in [5.74, 6) is 0. The van der Waals surface area contributed by atoms with Gasteiger partial charge >= 0.3 is 0 Å². The number of hydrogen-bond donors (Lipinski definition) is 0. The Morgan fingerprint density at radius 2 is 1.79 bits per heavy atom. The lowest BCUT2D eigenvalue weighted by Crippen LogP contribution is -2.64. The molecule has 6 heteroatoms. The van der Waals surface area contributed by atoms with Gasteiger partial charge in [0.2, 0.25) is 0 Å². The summed E-state index contributed by atoms with van der Waals surface area (Å²) in [7, 11) is -2.38. The summed E-state index contributed by atoms with van der Waals surface area (Å²) in [5, 5.41) is 1.22. The van der Waals surface area contributed by atoms with Gasteiger partial charge in [-0.05, 0) is 18.1 Å². The summed E-state index contributed by atoms with van der Waals surface area (Å²) in [6, 6.07) is 8.63. The Hall–Kier alpha value is -0.206. The molecule has 2 heterocycles. The van der Waals surface area contributed by atoms with E-state index in [1.807, 2.05) is 0 Å². The zero-order chi connectivity index (χ0) is 13.9. The number of rotatable bonds is 5. The lowest BCUT2D eigenvalue weighted by Gasteiger charge is -2.51. The van der Waals surface area contributed by atoms with E-state index in [4.69, 9.17) is 0 Å². The minimum Gasteiger partial charge on any atom is -0.376 e. The molecular formula is C13H27N3SSi2. The van der Waals surface area contributed by atoms with Gasteiger partial charge in [0, 0.05) is 17.7 Å². The quantitative estimate of drug-likeness (QED) is 0.756. The van der Waals surface area contributed by atoms with Gasteiger partial charge in [-0.25, -0.2) is 4.98 Å². The molecule has 1 aliphatic heterocycles. The van der Waals surface area contributed by atoms with Gasteiger partial charge in [-0.3, -0.25) is 0 Å². The first-order chi connectivity index (χ1) is 9.15. The molecule has 3 nitrogen and oxygen atoms in total. The Kier molecular flexibility index (Phi) is 4.84. The smallest absolute Gasteiger partial charge is 0.196 e. The fourth-order valence-electron chi connectivity index (χ4n) is 3.58. The second-order valence-electron chi connectivity index (χ2n) is 5.95. The standard InChI is InChI=1S/C13H27N3SSi2/c1-5-18(6-2)9-10-19(7-3,8-4)16(12-18)13-14-11-15-17-13/h11H,5-10,12H2,1-4H3. The zero-order valence-electron chi connectivity index (χ0n) is 12.8. The van der Waals surface area contributed by atoms with Crippen molar-refractivity contribution in [3.63, 3.8) is 0 Å². The van der Waals surface area contributed by atoms with Gasteiger partial charge in [0.25, 0.3) is 0 Å². The Morgan fingerprint density at radius 1 is 1.11 bits per heavy atom. The fraction of sp³-hybridized carbons (Fsp3) is 0.846. The molecule has 0 unspecified atom stereocenters. The molecule has 1 aromatic heterocycles. The van der Waals surface area contributed by atoms with E-state index in [1.165, 1.54) is 41.5 Å². The SMILES string of the molecule is CC[Si]1(CC)CC[Si](CC)(CC)N(c2ncns2)C1. The number of aromatic nitrogens is 2. The normalized spacial score (nSPS) is 21.6. The average molecular weight is 314 g/mol. The van der Waals surface area contributed by atoms with Crippen molar-refractivity contribution in [1.82, 2.24) is 9.36 Å². The van der Waals surface area contributed by atoms with Crippen LogP contribution in [0.1, 0.15) is 27.7 Å². The van der Waals surface area contributed by atoms with Gasteiger partial charge in [-0.15, -0.1) is 0 Å². The molecule has 0 N–H and O–H groups in total. The molecule has 0 radical (unpaired) electrons. The van der Waals surface area contributed by atoms with Crippen LogP contribution in [0.2, 0.25) is 36.3 Å². The van der Waals surface area contributed by atoms with Crippen molar-refractivity contribution in [2.45, 2.75) is 64.0 Å². The van der Waals surface area contributed by atoms with Crippen molar-refractivity contribution in [2.24, 2.45) is 0 Å². The maximum absolute atomic E-state index is 4.56. The maximum Gasteiger partial charge on any atom is 0.196 e. The van der Waals surface area contributed by atoms with Crippen LogP contribution in [0.3, 0.4) is 0 Å². The van der Waals surface area contributed by atoms with E-state index in [-0.39, 0.29) is 0 Å². The highest BCUT2D eigenvalue weighted by Gasteiger charge is 2.48. The van der Waals surface area contributed by atoms with Crippen molar-refractivity contribution in [3.8, 4) is 0 Å². The number of anilines is 1. The largest absolute Gasteiger partial charge is 0.376 e. The first kappa shape index (κ1) is 15.2. The molecule has 1 fully saturated rings. The lowest BCUT2D eigenvalue weighted by atomic mass is 10.9. The third-order valence-corrected chi connectivity index (χ3v) is 17.9. The highest BCUT2D eigenvalue weighted by molar-refractivity contribution is 7.11. The molecule has 0 aliphatic carbocycles. The fourth-order valence-corrected chi connectivity index (χ4v) is 16.5. The minimum atomic E-state index is -1.31. The molecule has 2 rings (SSSR count). The Labute approximate surface area is 123 Å². The van der Waals surface area contributed by atoms with E-state index >= 15 is 0 Å². The second-order valence-corrected chi connectivity index (χ2v) is 16.8. The van der Waals surface area contributed by atoms with E-state index in [2.05, 4.69) is 41.6 Å². The van der Waals surface area contributed by atoms with Crippen LogP contribution < -0.4 is 4.57 Å². The van der Waals surface area contributed by atoms with Crippen LogP contribution in [0, 0.1) is 0 Å². The molecule has 0 atom stereocenters. The van der Waals surface area contributed by atoms with Crippen LogP contribution in [0.4, 0.5) is 5.13 Å². The molecule has 1 aliphatic rings. The van der Waals surface area contributed by atoms with Crippen molar-refractivity contribution in [1.29, 1.82) is 0 Å². The summed E-state index contributed by atoms with van der Waals surface area (Å²) < 4.78 is 7.04. The third kappa shape index (κ3) is 2.67. The van der Waals surface area contributed by atoms with E-state index in [0.29, 0.717) is 0 Å². The highest BCUT2D eigenvalue weighted by Crippen LogP contribution is 2.41. The molecule has 1 aromatic rings. The number of nitrogens with zero attached hydrogens (tertiary/aromatic N) is 3. The van der Waals surface area contributed by atoms with E-state index in [9.17, 15) is 0 Å². The van der Waals surface area contributed by atoms with Crippen molar-refractivity contribution < 1.29 is 0 Å². The van der Waals surface area contributed by atoms with Crippen molar-refractivity contribution in [2.75, 3.05) is 10.7 Å². The van der Waals surface area contributed by atoms with Crippen LogP contribution in [0.15, 0.2) is 6.33 Å². The van der Waals surface area contributed by atoms with E-state index in [1.54, 1.807) is 23.9 Å². The monoisotopic (exact) mass is 313 g/mol. The van der Waals surface area contributed by atoms with Crippen molar-refractivity contribution in [3.05, 3.63) is 6.33 Å². The molecule has 0 aromatic carbocycles. The predicted octanol–water partition coefficient (Wildman–Crippen LogP) is 4.37. The first-order valence-corrected chi connectivity index (χ1v) is 13.9.